The van der Waals surface area contributed by atoms with Gasteiger partial charge in [-0.05, 0) is 30.3 Å². The Morgan fingerprint density at radius 1 is 1.00 bits per heavy atom. The summed E-state index contributed by atoms with van der Waals surface area (Å²) in [4.78, 5) is 4.45. The van der Waals surface area contributed by atoms with Crippen molar-refractivity contribution < 1.29 is 9.63 Å². The lowest BCUT2D eigenvalue weighted by Gasteiger charge is -1.94. The van der Waals surface area contributed by atoms with E-state index in [1.54, 1.807) is 35.6 Å². The molecule has 4 aromatic rings. The van der Waals surface area contributed by atoms with Gasteiger partial charge in [-0.25, -0.2) is 0 Å². The summed E-state index contributed by atoms with van der Waals surface area (Å²) in [6, 6.07) is 14.8. The van der Waals surface area contributed by atoms with Crippen LogP contribution in [0.3, 0.4) is 0 Å². The van der Waals surface area contributed by atoms with Crippen LogP contribution in [0.4, 0.5) is 0 Å². The molecule has 0 aliphatic carbocycles. The topological polar surface area (TPSA) is 59.2 Å². The summed E-state index contributed by atoms with van der Waals surface area (Å²) < 4.78 is 6.58. The highest BCUT2D eigenvalue weighted by molar-refractivity contribution is 7.17. The van der Waals surface area contributed by atoms with Crippen molar-refractivity contribution in [3.8, 4) is 28.6 Å². The van der Waals surface area contributed by atoms with Gasteiger partial charge in [-0.15, -0.1) is 11.3 Å². The third-order valence-corrected chi connectivity index (χ3v) is 4.23. The molecule has 0 unspecified atom stereocenters. The molecule has 102 valence electrons. The maximum Gasteiger partial charge on any atom is 0.259 e. The summed E-state index contributed by atoms with van der Waals surface area (Å²) in [5.74, 6) is 1.24. The number of aromatic hydroxyl groups is 1. The van der Waals surface area contributed by atoms with Crippen LogP contribution < -0.4 is 0 Å². The molecule has 0 radical (unpaired) electrons. The molecule has 0 bridgehead atoms. The highest BCUT2D eigenvalue weighted by Gasteiger charge is 2.14. The highest BCUT2D eigenvalue weighted by Crippen LogP contribution is 2.33. The quantitative estimate of drug-likeness (QED) is 0.598. The number of aromatic nitrogens is 2. The Kier molecular flexibility index (Phi) is 2.72. The van der Waals surface area contributed by atoms with E-state index in [0.717, 1.165) is 16.5 Å². The number of rotatable bonds is 2. The molecule has 0 spiro atoms. The van der Waals surface area contributed by atoms with Crippen LogP contribution in [0.15, 0.2) is 58.4 Å². The average Bonchev–Trinajstić information content (AvgIpc) is 3.14. The van der Waals surface area contributed by atoms with E-state index in [2.05, 4.69) is 16.2 Å². The first-order valence-electron chi connectivity index (χ1n) is 6.41. The van der Waals surface area contributed by atoms with E-state index in [-0.39, 0.29) is 5.75 Å². The Balaban J connectivity index is 1.79. The van der Waals surface area contributed by atoms with Crippen LogP contribution in [0.1, 0.15) is 0 Å². The van der Waals surface area contributed by atoms with Crippen molar-refractivity contribution in [2.24, 2.45) is 0 Å². The van der Waals surface area contributed by atoms with Gasteiger partial charge in [0.1, 0.15) is 5.75 Å². The minimum absolute atomic E-state index is 0.214. The minimum atomic E-state index is 0.214. The molecule has 0 saturated carbocycles. The zero-order valence-electron chi connectivity index (χ0n) is 10.9. The molecule has 2 heterocycles. The smallest absolute Gasteiger partial charge is 0.259 e. The lowest BCUT2D eigenvalue weighted by molar-refractivity contribution is 0.433. The molecule has 0 fully saturated rings. The maximum atomic E-state index is 9.31. The van der Waals surface area contributed by atoms with Crippen molar-refractivity contribution in [2.75, 3.05) is 0 Å². The molecule has 21 heavy (non-hydrogen) atoms. The fraction of sp³-hybridized carbons (Fsp3) is 0. The van der Waals surface area contributed by atoms with E-state index < -0.39 is 0 Å². The molecule has 0 saturated heterocycles. The van der Waals surface area contributed by atoms with Crippen LogP contribution in [-0.4, -0.2) is 15.2 Å². The number of hydrogen-bond acceptors (Lipinski definition) is 5. The van der Waals surface area contributed by atoms with Crippen molar-refractivity contribution in [2.45, 2.75) is 0 Å². The first kappa shape index (κ1) is 12.1. The largest absolute Gasteiger partial charge is 0.508 e. The van der Waals surface area contributed by atoms with Crippen LogP contribution in [0, 0.1) is 0 Å². The van der Waals surface area contributed by atoms with E-state index in [1.165, 1.54) is 4.70 Å². The summed E-state index contributed by atoms with van der Waals surface area (Å²) in [6.45, 7) is 0. The second-order valence-electron chi connectivity index (χ2n) is 4.62. The van der Waals surface area contributed by atoms with Crippen LogP contribution in [-0.2, 0) is 0 Å². The zero-order valence-corrected chi connectivity index (χ0v) is 11.7. The number of phenols is 1. The van der Waals surface area contributed by atoms with Gasteiger partial charge in [-0.1, -0.05) is 23.4 Å². The Hall–Kier alpha value is -2.66. The van der Waals surface area contributed by atoms with Gasteiger partial charge in [-0.3, -0.25) is 0 Å². The first-order chi connectivity index (χ1) is 10.3. The number of hydrogen-bond donors (Lipinski definition) is 1. The van der Waals surface area contributed by atoms with Crippen LogP contribution in [0.25, 0.3) is 32.9 Å². The van der Waals surface area contributed by atoms with E-state index >= 15 is 0 Å². The molecule has 0 amide bonds. The van der Waals surface area contributed by atoms with Gasteiger partial charge >= 0.3 is 0 Å². The normalized spacial score (nSPS) is 11.0. The Morgan fingerprint density at radius 3 is 2.67 bits per heavy atom. The fourth-order valence-electron chi connectivity index (χ4n) is 2.20. The van der Waals surface area contributed by atoms with Gasteiger partial charge < -0.3 is 9.63 Å². The van der Waals surface area contributed by atoms with E-state index in [9.17, 15) is 5.11 Å². The number of phenolic OH excluding ortho intramolecular Hbond substituents is 1. The van der Waals surface area contributed by atoms with Gasteiger partial charge in [0.25, 0.3) is 5.89 Å². The van der Waals surface area contributed by atoms with Crippen LogP contribution in [0.2, 0.25) is 0 Å². The molecule has 4 rings (SSSR count). The molecule has 1 N–H and O–H groups in total. The summed E-state index contributed by atoms with van der Waals surface area (Å²) in [6.07, 6.45) is 0. The van der Waals surface area contributed by atoms with Gasteiger partial charge in [0.05, 0.1) is 5.56 Å². The van der Waals surface area contributed by atoms with E-state index in [4.69, 9.17) is 4.52 Å². The molecular weight excluding hydrogens is 284 g/mol. The molecule has 4 nitrogen and oxygen atoms in total. The van der Waals surface area contributed by atoms with Crippen molar-refractivity contribution in [1.29, 1.82) is 0 Å². The average molecular weight is 294 g/mol. The third-order valence-electron chi connectivity index (χ3n) is 3.26. The van der Waals surface area contributed by atoms with Crippen LogP contribution >= 0.6 is 11.3 Å². The third kappa shape index (κ3) is 2.08. The molecule has 0 aliphatic rings. The summed E-state index contributed by atoms with van der Waals surface area (Å²) in [7, 11) is 0. The lowest BCUT2D eigenvalue weighted by Crippen LogP contribution is -1.80. The van der Waals surface area contributed by atoms with Crippen molar-refractivity contribution in [3.63, 3.8) is 0 Å². The van der Waals surface area contributed by atoms with Gasteiger partial charge in [-0.2, -0.15) is 4.98 Å². The molecule has 5 heteroatoms. The van der Waals surface area contributed by atoms with E-state index in [1.807, 2.05) is 23.6 Å². The number of benzene rings is 2. The van der Waals surface area contributed by atoms with Crippen molar-refractivity contribution >= 4 is 21.4 Å². The lowest BCUT2D eigenvalue weighted by atomic mass is 10.2. The van der Waals surface area contributed by atoms with E-state index in [0.29, 0.717) is 11.7 Å². The van der Waals surface area contributed by atoms with Crippen molar-refractivity contribution in [1.82, 2.24) is 10.1 Å². The van der Waals surface area contributed by atoms with Gasteiger partial charge in [0.15, 0.2) is 0 Å². The standard InChI is InChI=1S/C16H10N2O2S/c19-11-7-5-10(6-8-11)15-17-16(20-18-15)13-9-21-14-4-2-1-3-12(13)14/h1-9,19H. The molecule has 0 aliphatic heterocycles. The van der Waals surface area contributed by atoms with Gasteiger partial charge in [0, 0.05) is 21.0 Å². The SMILES string of the molecule is Oc1ccc(-c2noc(-c3csc4ccccc34)n2)cc1. The predicted octanol–water partition coefficient (Wildman–Crippen LogP) is 4.32. The summed E-state index contributed by atoms with van der Waals surface area (Å²) in [5.41, 5.74) is 1.76. The minimum Gasteiger partial charge on any atom is -0.508 e. The predicted molar refractivity (Wildman–Crippen MR) is 82.2 cm³/mol. The second kappa shape index (κ2) is 4.71. The fourth-order valence-corrected chi connectivity index (χ4v) is 3.14. The zero-order chi connectivity index (χ0) is 14.2. The highest BCUT2D eigenvalue weighted by atomic mass is 32.1. The Bertz CT molecular complexity index is 909. The number of nitrogens with zero attached hydrogens (tertiary/aromatic N) is 2. The van der Waals surface area contributed by atoms with Gasteiger partial charge in [0.2, 0.25) is 5.82 Å². The second-order valence-corrected chi connectivity index (χ2v) is 5.53. The molecule has 2 aromatic heterocycles. The van der Waals surface area contributed by atoms with Crippen LogP contribution in [0.5, 0.6) is 5.75 Å². The number of fused-ring (bicyclic) bond motifs is 1. The molecular formula is C16H10N2O2S. The first-order valence-corrected chi connectivity index (χ1v) is 7.29. The number of thiophene rings is 1. The van der Waals surface area contributed by atoms with Crippen molar-refractivity contribution in [3.05, 3.63) is 53.9 Å². The molecule has 0 atom stereocenters. The molecule has 2 aromatic carbocycles. The summed E-state index contributed by atoms with van der Waals surface area (Å²) >= 11 is 1.65. The summed E-state index contributed by atoms with van der Waals surface area (Å²) in [5, 5.41) is 16.5. The Morgan fingerprint density at radius 2 is 1.81 bits per heavy atom. The monoisotopic (exact) mass is 294 g/mol. The maximum absolute atomic E-state index is 9.31. The Labute approximate surface area is 124 Å².